The molecule has 0 aromatic rings. The second-order valence-electron chi connectivity index (χ2n) is 11.6. The van der Waals surface area contributed by atoms with E-state index in [1.165, 1.54) is 13.8 Å². The molecule has 0 saturated carbocycles. The number of hydrogen-bond acceptors (Lipinski definition) is 17. The first-order valence-electron chi connectivity index (χ1n) is 17.9. The summed E-state index contributed by atoms with van der Waals surface area (Å²) < 4.78 is 56.0. The topological polar surface area (TPSA) is 274 Å². The first-order chi connectivity index (χ1) is 25.6. The van der Waals surface area contributed by atoms with Gasteiger partial charge in [0.1, 0.15) is 5.60 Å². The number of hydrogen-bond donors (Lipinski definition) is 5. The molecule has 0 heterocycles. The molecule has 322 valence electrons. The highest BCUT2D eigenvalue weighted by atomic mass is 16.6. The van der Waals surface area contributed by atoms with Crippen LogP contribution in [0.5, 0.6) is 0 Å². The minimum Gasteiger partial charge on any atom is -0.479 e. The van der Waals surface area contributed by atoms with Gasteiger partial charge in [-0.25, -0.2) is 19.2 Å². The number of carbonyl (C=O) groups is 4. The minimum atomic E-state index is -0.999. The molecule has 0 aromatic heterocycles. The van der Waals surface area contributed by atoms with E-state index in [2.05, 4.69) is 5.32 Å². The van der Waals surface area contributed by atoms with Gasteiger partial charge in [0, 0.05) is 19.6 Å². The molecule has 7 N–H and O–H groups in total. The second kappa shape index (κ2) is 39.9. The molecule has 0 spiro atoms. The van der Waals surface area contributed by atoms with Crippen LogP contribution in [0.25, 0.3) is 0 Å². The Kier molecular flexibility index (Phi) is 41.1. The molecule has 0 aliphatic carbocycles. The number of rotatable bonds is 32. The Morgan fingerprint density at radius 1 is 0.556 bits per heavy atom. The summed E-state index contributed by atoms with van der Waals surface area (Å²) in [7, 11) is 0. The maximum absolute atomic E-state index is 11.3. The maximum Gasteiger partial charge on any atom is 0.407 e. The van der Waals surface area contributed by atoms with Gasteiger partial charge in [0.2, 0.25) is 0 Å². The molecule has 0 aliphatic rings. The van der Waals surface area contributed by atoms with E-state index in [4.69, 9.17) is 73.8 Å². The predicted molar refractivity (Wildman–Crippen MR) is 195 cm³/mol. The molecule has 0 bridgehead atoms. The summed E-state index contributed by atoms with van der Waals surface area (Å²) in [6, 6.07) is 0. The number of nitrogens with two attached hydrogens (primary N) is 2. The summed E-state index contributed by atoms with van der Waals surface area (Å²) in [4.78, 5) is 43.3. The minimum absolute atomic E-state index is 0.216. The monoisotopic (exact) mass is 791 g/mol. The van der Waals surface area contributed by atoms with Crippen LogP contribution in [0.1, 0.15) is 48.5 Å². The number of carboxylic acids is 2. The Bertz CT molecular complexity index is 896. The standard InChI is InChI=1S/C14H27NO7.C11H23NO5.C9H19NO5/c1-11(12(16)17)21-10-9-20-8-7-19-6-5-15-13(18)22-14(2,3)4;1-3-16-11(13)10(2)17-9-8-15-7-6-14-5-4-12;1-8(9(11)12)15-7-6-14-5-4-13-3-2-10/h11H,5-10H2,1-4H3,(H,15,18)(H,16,17);10H,3-9,12H2,1-2H3;8H,2-7,10H2,1H3,(H,11,12)/t11-;10-;8-/m000/s1. The van der Waals surface area contributed by atoms with Gasteiger partial charge in [-0.1, -0.05) is 0 Å². The fraction of sp³-hybridized carbons (Fsp3) is 0.882. The van der Waals surface area contributed by atoms with Crippen LogP contribution in [0, 0.1) is 0 Å². The van der Waals surface area contributed by atoms with Gasteiger partial charge in [0.25, 0.3) is 0 Å². The number of nitrogens with one attached hydrogen (secondary N) is 1. The van der Waals surface area contributed by atoms with Gasteiger partial charge in [-0.15, -0.1) is 0 Å². The van der Waals surface area contributed by atoms with Crippen LogP contribution in [0.2, 0.25) is 0 Å². The zero-order valence-electron chi connectivity index (χ0n) is 33.3. The van der Waals surface area contributed by atoms with Crippen LogP contribution in [0.3, 0.4) is 0 Å². The van der Waals surface area contributed by atoms with Crippen LogP contribution in [0.15, 0.2) is 0 Å². The van der Waals surface area contributed by atoms with E-state index in [9.17, 15) is 19.2 Å². The predicted octanol–water partition coefficient (Wildman–Crippen LogP) is 0.449. The smallest absolute Gasteiger partial charge is 0.407 e. The van der Waals surface area contributed by atoms with Crippen molar-refractivity contribution >= 4 is 24.0 Å². The molecule has 0 fully saturated rings. The van der Waals surface area contributed by atoms with Gasteiger partial charge in [0.05, 0.1) is 106 Å². The molecule has 3 atom stereocenters. The number of carbonyl (C=O) groups excluding carboxylic acids is 2. The Morgan fingerprint density at radius 3 is 1.22 bits per heavy atom. The number of ether oxygens (including phenoxy) is 11. The largest absolute Gasteiger partial charge is 0.479 e. The lowest BCUT2D eigenvalue weighted by molar-refractivity contribution is -0.156. The normalized spacial score (nSPS) is 12.6. The van der Waals surface area contributed by atoms with Crippen molar-refractivity contribution in [3.63, 3.8) is 0 Å². The Morgan fingerprint density at radius 2 is 0.889 bits per heavy atom. The average molecular weight is 792 g/mol. The lowest BCUT2D eigenvalue weighted by atomic mass is 10.2. The van der Waals surface area contributed by atoms with E-state index >= 15 is 0 Å². The molecular weight excluding hydrogens is 722 g/mol. The van der Waals surface area contributed by atoms with Crippen LogP contribution >= 0.6 is 0 Å². The molecule has 1 amide bonds. The van der Waals surface area contributed by atoms with E-state index in [0.717, 1.165) is 0 Å². The molecule has 0 aliphatic heterocycles. The molecule has 0 unspecified atom stereocenters. The van der Waals surface area contributed by atoms with Crippen molar-refractivity contribution in [3.05, 3.63) is 0 Å². The lowest BCUT2D eigenvalue weighted by Gasteiger charge is -2.19. The van der Waals surface area contributed by atoms with Gasteiger partial charge in [0.15, 0.2) is 18.3 Å². The highest BCUT2D eigenvalue weighted by molar-refractivity contribution is 5.74. The highest BCUT2D eigenvalue weighted by Crippen LogP contribution is 2.06. The third-order valence-corrected chi connectivity index (χ3v) is 5.66. The van der Waals surface area contributed by atoms with Crippen LogP contribution in [0.4, 0.5) is 4.79 Å². The van der Waals surface area contributed by atoms with E-state index in [1.54, 1.807) is 34.6 Å². The summed E-state index contributed by atoms with van der Waals surface area (Å²) in [5.41, 5.74) is 9.94. The quantitative estimate of drug-likeness (QED) is 0.0457. The first-order valence-corrected chi connectivity index (χ1v) is 17.9. The van der Waals surface area contributed by atoms with E-state index in [0.29, 0.717) is 112 Å². The number of amides is 1. The van der Waals surface area contributed by atoms with Gasteiger partial charge in [-0.3, -0.25) is 0 Å². The summed E-state index contributed by atoms with van der Waals surface area (Å²) in [6.07, 6.45) is -2.65. The van der Waals surface area contributed by atoms with Crippen LogP contribution < -0.4 is 16.8 Å². The summed E-state index contributed by atoms with van der Waals surface area (Å²) in [6.45, 7) is 19.5. The summed E-state index contributed by atoms with van der Waals surface area (Å²) >= 11 is 0. The SMILES string of the molecule is CCOC(=O)[C@H](C)OCCOCCOCCN.C[C@H](OCCOCCOCCN)C(=O)O.C[C@H](OCCOCCOCCNC(=O)OC(C)(C)C)C(=O)O. The molecule has 0 rings (SSSR count). The van der Waals surface area contributed by atoms with E-state index in [-0.39, 0.29) is 19.2 Å². The molecule has 20 nitrogen and oxygen atoms in total. The van der Waals surface area contributed by atoms with Gasteiger partial charge < -0.3 is 79.1 Å². The fourth-order valence-electron chi connectivity index (χ4n) is 2.99. The van der Waals surface area contributed by atoms with Gasteiger partial charge in [-0.2, -0.15) is 0 Å². The molecule has 0 saturated heterocycles. The van der Waals surface area contributed by atoms with Crippen molar-refractivity contribution in [1.82, 2.24) is 5.32 Å². The van der Waals surface area contributed by atoms with Crippen molar-refractivity contribution < 1.29 is 81.5 Å². The summed E-state index contributed by atoms with van der Waals surface area (Å²) in [5.74, 6) is -2.32. The zero-order chi connectivity index (χ0) is 41.5. The van der Waals surface area contributed by atoms with Gasteiger partial charge in [-0.05, 0) is 48.5 Å². The number of alkyl carbamates (subject to hydrolysis) is 1. The molecular formula is C34H69N3O17. The molecule has 0 aromatic carbocycles. The van der Waals surface area contributed by atoms with E-state index in [1.807, 2.05) is 0 Å². The average Bonchev–Trinajstić information content (AvgIpc) is 3.10. The van der Waals surface area contributed by atoms with Crippen molar-refractivity contribution in [3.8, 4) is 0 Å². The summed E-state index contributed by atoms with van der Waals surface area (Å²) in [5, 5.41) is 19.6. The van der Waals surface area contributed by atoms with E-state index < -0.39 is 41.9 Å². The molecule has 54 heavy (non-hydrogen) atoms. The third-order valence-electron chi connectivity index (χ3n) is 5.66. The Labute approximate surface area is 320 Å². The van der Waals surface area contributed by atoms with Crippen molar-refractivity contribution in [2.75, 3.05) is 125 Å². The fourth-order valence-corrected chi connectivity index (χ4v) is 2.99. The molecule has 0 radical (unpaired) electrons. The first kappa shape index (κ1) is 55.6. The van der Waals surface area contributed by atoms with Gasteiger partial charge >= 0.3 is 24.0 Å². The lowest BCUT2D eigenvalue weighted by Crippen LogP contribution is -2.34. The molecule has 20 heteroatoms. The van der Waals surface area contributed by atoms with Crippen LogP contribution in [-0.4, -0.2) is 183 Å². The van der Waals surface area contributed by atoms with Crippen LogP contribution in [-0.2, 0) is 66.5 Å². The number of aliphatic carboxylic acids is 2. The van der Waals surface area contributed by atoms with Crippen molar-refractivity contribution in [2.45, 2.75) is 72.4 Å². The maximum atomic E-state index is 11.3. The number of carboxylic acid groups (broad SMARTS) is 2. The third kappa shape index (κ3) is 45.4. The zero-order valence-corrected chi connectivity index (χ0v) is 33.3. The van der Waals surface area contributed by atoms with Crippen molar-refractivity contribution in [2.24, 2.45) is 11.5 Å². The Hall–Kier alpha value is -2.76. The highest BCUT2D eigenvalue weighted by Gasteiger charge is 2.16. The van der Waals surface area contributed by atoms with Crippen molar-refractivity contribution in [1.29, 1.82) is 0 Å². The Balaban J connectivity index is -0.000000738. The number of esters is 1. The second-order valence-corrected chi connectivity index (χ2v) is 11.6.